The summed E-state index contributed by atoms with van der Waals surface area (Å²) < 4.78 is 33.6. The highest BCUT2D eigenvalue weighted by molar-refractivity contribution is 7.45. The van der Waals surface area contributed by atoms with E-state index in [4.69, 9.17) is 18.5 Å². The zero-order chi connectivity index (χ0) is 35.1. The third-order valence-corrected chi connectivity index (χ3v) is 8.31. The molecule has 0 aliphatic heterocycles. The van der Waals surface area contributed by atoms with Crippen LogP contribution in [0.15, 0.2) is 36.5 Å². The summed E-state index contributed by atoms with van der Waals surface area (Å²) in [5.41, 5.74) is 0. The van der Waals surface area contributed by atoms with Gasteiger partial charge in [0.1, 0.15) is 19.8 Å². The molecule has 274 valence electrons. The minimum absolute atomic E-state index is 0.0358. The Labute approximate surface area is 287 Å². The van der Waals surface area contributed by atoms with E-state index in [0.717, 1.165) is 83.5 Å². The first-order chi connectivity index (χ1) is 22.5. The molecule has 0 amide bonds. The van der Waals surface area contributed by atoms with Gasteiger partial charge in [0.15, 0.2) is 6.10 Å². The molecule has 0 fully saturated rings. The molecular weight excluding hydrogens is 617 g/mol. The van der Waals surface area contributed by atoms with Crippen LogP contribution < -0.4 is 4.89 Å². The van der Waals surface area contributed by atoms with E-state index in [1.54, 1.807) is 0 Å². The highest BCUT2D eigenvalue weighted by Crippen LogP contribution is 2.38. The number of likely N-dealkylation sites (N-methyl/N-ethyl adjacent to an activating group) is 1. The molecule has 0 aliphatic rings. The molecule has 0 aromatic heterocycles. The highest BCUT2D eigenvalue weighted by atomic mass is 31.2. The van der Waals surface area contributed by atoms with Gasteiger partial charge in [-0.1, -0.05) is 102 Å². The fourth-order valence-corrected chi connectivity index (χ4v) is 5.19. The number of nitrogens with zero attached hydrogens (tertiary/aromatic N) is 1. The number of esters is 2. The number of hydrogen-bond donors (Lipinski definition) is 0. The Bertz CT molecular complexity index is 913. The van der Waals surface area contributed by atoms with Gasteiger partial charge in [0.25, 0.3) is 7.82 Å². The lowest BCUT2D eigenvalue weighted by molar-refractivity contribution is -0.870. The molecule has 0 radical (unpaired) electrons. The standard InChI is InChI=1S/C37H68NO8P/c1-6-8-10-12-14-16-18-19-20-22-24-26-28-30-37(40)46-35(34-45-47(41,42)44-32-31-38(3,4)5)33-43-36(39)29-27-25-23-21-17-15-13-11-9-7-2/h10-13,16,18,35H,6-9,14-15,17,19-34H2,1-5H3/b12-10-,13-11-,18-16-. The average Bonchev–Trinajstić information content (AvgIpc) is 3.01. The quantitative estimate of drug-likeness (QED) is 0.0227. The van der Waals surface area contributed by atoms with Crippen LogP contribution in [0.5, 0.6) is 0 Å². The monoisotopic (exact) mass is 685 g/mol. The van der Waals surface area contributed by atoms with Gasteiger partial charge in [-0.15, -0.1) is 0 Å². The predicted octanol–water partition coefficient (Wildman–Crippen LogP) is 8.77. The van der Waals surface area contributed by atoms with Gasteiger partial charge in [0.2, 0.25) is 0 Å². The third kappa shape index (κ3) is 33.9. The van der Waals surface area contributed by atoms with Crippen molar-refractivity contribution in [3.05, 3.63) is 36.5 Å². The zero-order valence-electron chi connectivity index (χ0n) is 30.5. The smallest absolute Gasteiger partial charge is 0.306 e. The molecule has 0 aliphatic carbocycles. The number of carbonyl (C=O) groups is 2. The summed E-state index contributed by atoms with van der Waals surface area (Å²) in [5.74, 6) is -0.870. The van der Waals surface area contributed by atoms with Crippen LogP contribution in [0.2, 0.25) is 0 Å². The van der Waals surface area contributed by atoms with Gasteiger partial charge in [-0.3, -0.25) is 14.2 Å². The van der Waals surface area contributed by atoms with Crippen LogP contribution in [-0.2, 0) is 32.7 Å². The number of unbranched alkanes of at least 4 members (excludes halogenated alkanes) is 12. The van der Waals surface area contributed by atoms with Crippen molar-refractivity contribution < 1.29 is 42.1 Å². The van der Waals surface area contributed by atoms with Crippen molar-refractivity contribution >= 4 is 19.8 Å². The van der Waals surface area contributed by atoms with Crippen LogP contribution >= 0.6 is 7.82 Å². The van der Waals surface area contributed by atoms with E-state index in [0.29, 0.717) is 23.9 Å². The van der Waals surface area contributed by atoms with Crippen molar-refractivity contribution in [1.82, 2.24) is 0 Å². The summed E-state index contributed by atoms with van der Waals surface area (Å²) in [6, 6.07) is 0. The Kier molecular flexibility index (Phi) is 29.2. The molecule has 2 unspecified atom stereocenters. The molecule has 0 N–H and O–H groups in total. The Morgan fingerprint density at radius 2 is 1.15 bits per heavy atom. The maximum Gasteiger partial charge on any atom is 0.306 e. The average molecular weight is 686 g/mol. The Morgan fingerprint density at radius 3 is 1.72 bits per heavy atom. The van der Waals surface area contributed by atoms with E-state index in [1.807, 2.05) is 21.1 Å². The normalized spacial score (nSPS) is 14.3. The first-order valence-electron chi connectivity index (χ1n) is 18.2. The Hall–Kier alpha value is -1.77. The van der Waals surface area contributed by atoms with Gasteiger partial charge in [-0.05, 0) is 57.8 Å². The number of phosphoric ester groups is 1. The van der Waals surface area contributed by atoms with Crippen molar-refractivity contribution in [2.75, 3.05) is 47.5 Å². The fourth-order valence-electron chi connectivity index (χ4n) is 4.46. The van der Waals surface area contributed by atoms with Gasteiger partial charge in [0, 0.05) is 12.8 Å². The Balaban J connectivity index is 4.51. The summed E-state index contributed by atoms with van der Waals surface area (Å²) in [7, 11) is 1.14. The molecule has 0 aromatic carbocycles. The predicted molar refractivity (Wildman–Crippen MR) is 190 cm³/mol. The van der Waals surface area contributed by atoms with E-state index in [1.165, 1.54) is 12.8 Å². The number of hydrogen-bond acceptors (Lipinski definition) is 8. The maximum absolute atomic E-state index is 12.6. The summed E-state index contributed by atoms with van der Waals surface area (Å²) in [6.07, 6.45) is 30.3. The van der Waals surface area contributed by atoms with Crippen molar-refractivity contribution in [1.29, 1.82) is 0 Å². The van der Waals surface area contributed by atoms with Crippen molar-refractivity contribution in [3.63, 3.8) is 0 Å². The number of quaternary nitrogens is 1. The second-order valence-corrected chi connectivity index (χ2v) is 14.6. The number of ether oxygens (including phenoxy) is 2. The lowest BCUT2D eigenvalue weighted by Gasteiger charge is -2.28. The molecule has 9 nitrogen and oxygen atoms in total. The zero-order valence-corrected chi connectivity index (χ0v) is 31.4. The molecule has 0 bridgehead atoms. The lowest BCUT2D eigenvalue weighted by Crippen LogP contribution is -2.37. The minimum Gasteiger partial charge on any atom is -0.756 e. The van der Waals surface area contributed by atoms with Crippen LogP contribution in [0.1, 0.15) is 136 Å². The molecule has 0 rings (SSSR count). The summed E-state index contributed by atoms with van der Waals surface area (Å²) in [6.45, 7) is 4.04. The van der Waals surface area contributed by atoms with Gasteiger partial charge in [-0.2, -0.15) is 0 Å². The maximum atomic E-state index is 12.6. The molecule has 47 heavy (non-hydrogen) atoms. The van der Waals surface area contributed by atoms with Crippen LogP contribution in [0, 0.1) is 0 Å². The van der Waals surface area contributed by atoms with E-state index in [9.17, 15) is 19.0 Å². The van der Waals surface area contributed by atoms with E-state index >= 15 is 0 Å². The number of rotatable bonds is 32. The fraction of sp³-hybridized carbons (Fsp3) is 0.784. The number of phosphoric acid groups is 1. The number of allylic oxidation sites excluding steroid dienone is 6. The first kappa shape index (κ1) is 45.2. The number of carbonyl (C=O) groups excluding carboxylic acids is 2. The van der Waals surface area contributed by atoms with Crippen molar-refractivity contribution in [3.8, 4) is 0 Å². The second-order valence-electron chi connectivity index (χ2n) is 13.2. The van der Waals surface area contributed by atoms with E-state index in [-0.39, 0.29) is 26.1 Å². The topological polar surface area (TPSA) is 111 Å². The molecule has 2 atom stereocenters. The van der Waals surface area contributed by atoms with Gasteiger partial charge >= 0.3 is 11.9 Å². The molecule has 0 saturated heterocycles. The minimum atomic E-state index is -4.62. The van der Waals surface area contributed by atoms with Crippen LogP contribution in [-0.4, -0.2) is 70.0 Å². The summed E-state index contributed by atoms with van der Waals surface area (Å²) in [4.78, 5) is 37.2. The highest BCUT2D eigenvalue weighted by Gasteiger charge is 2.21. The molecule has 0 spiro atoms. The summed E-state index contributed by atoms with van der Waals surface area (Å²) in [5, 5.41) is 0. The van der Waals surface area contributed by atoms with Crippen LogP contribution in [0.4, 0.5) is 0 Å². The molecule has 0 heterocycles. The second kappa shape index (κ2) is 30.3. The van der Waals surface area contributed by atoms with E-state index < -0.39 is 32.5 Å². The summed E-state index contributed by atoms with van der Waals surface area (Å²) >= 11 is 0. The van der Waals surface area contributed by atoms with E-state index in [2.05, 4.69) is 50.3 Å². The van der Waals surface area contributed by atoms with Crippen LogP contribution in [0.3, 0.4) is 0 Å². The largest absolute Gasteiger partial charge is 0.756 e. The van der Waals surface area contributed by atoms with Crippen molar-refractivity contribution in [2.45, 2.75) is 142 Å². The SMILES string of the molecule is CCC/C=C\C/C=C\CCCCCCCC(=O)OC(COC(=O)CCCCCCC/C=C\CCC)COP(=O)([O-])OCC[N+](C)(C)C. The first-order valence-corrected chi connectivity index (χ1v) is 19.7. The molecule has 10 heteroatoms. The van der Waals surface area contributed by atoms with Crippen LogP contribution in [0.25, 0.3) is 0 Å². The third-order valence-electron chi connectivity index (χ3n) is 7.34. The molecule has 0 aromatic rings. The van der Waals surface area contributed by atoms with Crippen molar-refractivity contribution in [2.24, 2.45) is 0 Å². The van der Waals surface area contributed by atoms with Gasteiger partial charge in [0.05, 0.1) is 27.7 Å². The molecule has 0 saturated carbocycles. The Morgan fingerprint density at radius 1 is 0.660 bits per heavy atom. The van der Waals surface area contributed by atoms with Gasteiger partial charge < -0.3 is 27.9 Å². The van der Waals surface area contributed by atoms with Gasteiger partial charge in [-0.25, -0.2) is 0 Å². The molecular formula is C37H68NO8P. The lowest BCUT2D eigenvalue weighted by atomic mass is 10.1.